The molecule has 0 N–H and O–H groups in total. The van der Waals surface area contributed by atoms with Gasteiger partial charge in [0.25, 0.3) is 0 Å². The first-order valence-corrected chi connectivity index (χ1v) is 7.87. The number of ether oxygens (including phenoxy) is 2. The molecule has 2 rings (SSSR count). The van der Waals surface area contributed by atoms with Crippen molar-refractivity contribution in [2.24, 2.45) is 0 Å². The first-order valence-electron chi connectivity index (χ1n) is 6.29. The number of rotatable bonds is 5. The molecular weight excluding hydrogens is 384 g/mol. The predicted molar refractivity (Wildman–Crippen MR) is 88.8 cm³/mol. The van der Waals surface area contributed by atoms with E-state index in [0.717, 1.165) is 33.3 Å². The zero-order chi connectivity index (χ0) is 14.5. The SMILES string of the molecule is COc1ccc(CCc2ccc(OC)c(Br)c2)cc1Br. The van der Waals surface area contributed by atoms with Crippen LogP contribution in [-0.2, 0) is 12.8 Å². The zero-order valence-corrected chi connectivity index (χ0v) is 14.6. The van der Waals surface area contributed by atoms with Gasteiger partial charge in [-0.2, -0.15) is 0 Å². The summed E-state index contributed by atoms with van der Waals surface area (Å²) in [5, 5.41) is 0. The highest BCUT2D eigenvalue weighted by Crippen LogP contribution is 2.28. The lowest BCUT2D eigenvalue weighted by atomic mass is 10.0. The molecule has 0 saturated heterocycles. The highest BCUT2D eigenvalue weighted by atomic mass is 79.9. The first kappa shape index (κ1) is 15.4. The Bertz CT molecular complexity index is 544. The summed E-state index contributed by atoms with van der Waals surface area (Å²) in [5.74, 6) is 1.72. The Morgan fingerprint density at radius 1 is 0.750 bits per heavy atom. The van der Waals surface area contributed by atoms with Gasteiger partial charge in [0.05, 0.1) is 23.2 Å². The quantitative estimate of drug-likeness (QED) is 0.703. The van der Waals surface area contributed by atoms with Gasteiger partial charge in [0.1, 0.15) is 11.5 Å². The van der Waals surface area contributed by atoms with Gasteiger partial charge in [-0.3, -0.25) is 0 Å². The van der Waals surface area contributed by atoms with Crippen molar-refractivity contribution in [3.05, 3.63) is 56.5 Å². The van der Waals surface area contributed by atoms with Crippen LogP contribution in [0.5, 0.6) is 11.5 Å². The number of hydrogen-bond acceptors (Lipinski definition) is 2. The fourth-order valence-corrected chi connectivity index (χ4v) is 3.20. The van der Waals surface area contributed by atoms with Gasteiger partial charge in [-0.05, 0) is 80.1 Å². The molecule has 0 fully saturated rings. The van der Waals surface area contributed by atoms with Crippen molar-refractivity contribution in [1.82, 2.24) is 0 Å². The topological polar surface area (TPSA) is 18.5 Å². The van der Waals surface area contributed by atoms with Gasteiger partial charge in [-0.1, -0.05) is 12.1 Å². The number of hydrogen-bond donors (Lipinski definition) is 0. The average molecular weight is 400 g/mol. The third kappa shape index (κ3) is 3.76. The van der Waals surface area contributed by atoms with E-state index in [9.17, 15) is 0 Å². The van der Waals surface area contributed by atoms with Crippen molar-refractivity contribution >= 4 is 31.9 Å². The molecule has 4 heteroatoms. The molecule has 106 valence electrons. The maximum absolute atomic E-state index is 5.24. The molecule has 0 radical (unpaired) electrons. The predicted octanol–water partition coefficient (Wildman–Crippen LogP) is 5.01. The molecule has 2 nitrogen and oxygen atoms in total. The second-order valence-corrected chi connectivity index (χ2v) is 6.15. The van der Waals surface area contributed by atoms with Crippen molar-refractivity contribution in [3.63, 3.8) is 0 Å². The van der Waals surface area contributed by atoms with Crippen molar-refractivity contribution in [2.75, 3.05) is 14.2 Å². The lowest BCUT2D eigenvalue weighted by molar-refractivity contribution is 0.411. The summed E-state index contributed by atoms with van der Waals surface area (Å²) in [7, 11) is 3.35. The van der Waals surface area contributed by atoms with E-state index in [1.165, 1.54) is 11.1 Å². The van der Waals surface area contributed by atoms with Gasteiger partial charge < -0.3 is 9.47 Å². The monoisotopic (exact) mass is 398 g/mol. The molecule has 2 aromatic rings. The second kappa shape index (κ2) is 7.14. The molecule has 0 aromatic heterocycles. The van der Waals surface area contributed by atoms with E-state index in [-0.39, 0.29) is 0 Å². The van der Waals surface area contributed by atoms with E-state index in [1.807, 2.05) is 12.1 Å². The second-order valence-electron chi connectivity index (χ2n) is 4.44. The Balaban J connectivity index is 2.05. The third-order valence-corrected chi connectivity index (χ3v) is 4.37. The van der Waals surface area contributed by atoms with Crippen LogP contribution in [0.3, 0.4) is 0 Å². The number of aryl methyl sites for hydroxylation is 2. The molecule has 0 aliphatic heterocycles. The van der Waals surface area contributed by atoms with Crippen molar-refractivity contribution in [2.45, 2.75) is 12.8 Å². The van der Waals surface area contributed by atoms with Crippen molar-refractivity contribution in [3.8, 4) is 11.5 Å². The fourth-order valence-electron chi connectivity index (χ4n) is 2.02. The standard InChI is InChI=1S/C16H16Br2O2/c1-19-15-7-5-11(9-13(15)17)3-4-12-6-8-16(20-2)14(18)10-12/h5-10H,3-4H2,1-2H3. The molecule has 0 heterocycles. The molecule has 0 unspecified atom stereocenters. The van der Waals surface area contributed by atoms with Crippen LogP contribution in [0.1, 0.15) is 11.1 Å². The number of halogens is 2. The molecule has 2 aromatic carbocycles. The van der Waals surface area contributed by atoms with Crippen LogP contribution in [0.4, 0.5) is 0 Å². The molecule has 0 aliphatic carbocycles. The number of methoxy groups -OCH3 is 2. The van der Waals surface area contributed by atoms with E-state index < -0.39 is 0 Å². The minimum Gasteiger partial charge on any atom is -0.496 e. The Morgan fingerprint density at radius 3 is 1.45 bits per heavy atom. The summed E-state index contributed by atoms with van der Waals surface area (Å²) in [6.45, 7) is 0. The largest absolute Gasteiger partial charge is 0.496 e. The smallest absolute Gasteiger partial charge is 0.133 e. The van der Waals surface area contributed by atoms with E-state index in [0.29, 0.717) is 0 Å². The summed E-state index contributed by atoms with van der Waals surface area (Å²) in [4.78, 5) is 0. The zero-order valence-electron chi connectivity index (χ0n) is 11.5. The van der Waals surface area contributed by atoms with Crippen LogP contribution in [0.15, 0.2) is 45.3 Å². The van der Waals surface area contributed by atoms with Crippen LogP contribution in [-0.4, -0.2) is 14.2 Å². The summed E-state index contributed by atoms with van der Waals surface area (Å²) in [6.07, 6.45) is 1.97. The van der Waals surface area contributed by atoms with Gasteiger partial charge in [0.2, 0.25) is 0 Å². The molecule has 0 spiro atoms. The summed E-state index contributed by atoms with van der Waals surface area (Å²) >= 11 is 7.03. The van der Waals surface area contributed by atoms with Gasteiger partial charge in [-0.25, -0.2) is 0 Å². The Hall–Kier alpha value is -1.00. The van der Waals surface area contributed by atoms with E-state index in [1.54, 1.807) is 14.2 Å². The Morgan fingerprint density at radius 2 is 1.15 bits per heavy atom. The van der Waals surface area contributed by atoms with Crippen LogP contribution < -0.4 is 9.47 Å². The minimum absolute atomic E-state index is 0.862. The van der Waals surface area contributed by atoms with Crippen molar-refractivity contribution in [1.29, 1.82) is 0 Å². The van der Waals surface area contributed by atoms with Gasteiger partial charge in [-0.15, -0.1) is 0 Å². The van der Waals surface area contributed by atoms with Crippen LogP contribution in [0.25, 0.3) is 0 Å². The lowest BCUT2D eigenvalue weighted by Gasteiger charge is -2.08. The third-order valence-electron chi connectivity index (χ3n) is 3.13. The Labute approximate surface area is 136 Å². The fraction of sp³-hybridized carbons (Fsp3) is 0.250. The highest BCUT2D eigenvalue weighted by molar-refractivity contribution is 9.10. The molecule has 0 aliphatic rings. The molecule has 0 atom stereocenters. The van der Waals surface area contributed by atoms with E-state index >= 15 is 0 Å². The van der Waals surface area contributed by atoms with Gasteiger partial charge in [0.15, 0.2) is 0 Å². The van der Waals surface area contributed by atoms with Crippen LogP contribution >= 0.6 is 31.9 Å². The molecule has 0 saturated carbocycles. The van der Waals surface area contributed by atoms with E-state index in [4.69, 9.17) is 9.47 Å². The summed E-state index contributed by atoms with van der Waals surface area (Å²) in [5.41, 5.74) is 2.56. The maximum Gasteiger partial charge on any atom is 0.133 e. The summed E-state index contributed by atoms with van der Waals surface area (Å²) < 4.78 is 12.5. The van der Waals surface area contributed by atoms with Crippen molar-refractivity contribution < 1.29 is 9.47 Å². The van der Waals surface area contributed by atoms with Crippen LogP contribution in [0.2, 0.25) is 0 Å². The Kier molecular flexibility index (Phi) is 5.49. The first-order chi connectivity index (χ1) is 9.63. The minimum atomic E-state index is 0.862. The summed E-state index contributed by atoms with van der Waals surface area (Å²) in [6, 6.07) is 12.4. The van der Waals surface area contributed by atoms with Crippen LogP contribution in [0, 0.1) is 0 Å². The lowest BCUT2D eigenvalue weighted by Crippen LogP contribution is -1.94. The molecular formula is C16H16Br2O2. The maximum atomic E-state index is 5.24. The average Bonchev–Trinajstić information content (AvgIpc) is 2.45. The van der Waals surface area contributed by atoms with Gasteiger partial charge >= 0.3 is 0 Å². The normalized spacial score (nSPS) is 10.4. The highest BCUT2D eigenvalue weighted by Gasteiger charge is 2.04. The molecule has 20 heavy (non-hydrogen) atoms. The number of benzene rings is 2. The molecule has 0 amide bonds. The van der Waals surface area contributed by atoms with E-state index in [2.05, 4.69) is 56.1 Å². The van der Waals surface area contributed by atoms with Gasteiger partial charge in [0, 0.05) is 0 Å². The molecule has 0 bridgehead atoms.